The van der Waals surface area contributed by atoms with Crippen LogP contribution in [0.15, 0.2) is 42.5 Å². The zero-order chi connectivity index (χ0) is 14.1. The monoisotopic (exact) mass is 266 g/mol. The quantitative estimate of drug-likeness (QED) is 0.745. The second-order valence-corrected chi connectivity index (χ2v) is 4.87. The molecule has 0 unspecified atom stereocenters. The third-order valence-corrected chi connectivity index (χ3v) is 3.71. The highest BCUT2D eigenvalue weighted by Crippen LogP contribution is 2.32. The molecule has 0 amide bonds. The standard InChI is InChI=1S/C17H18N2O/c1-11-15-10-13(18-2)7-8-16(15)19-17(11)12-5-4-6-14(9-12)20-3/h4-10,18-19H,1-3H3. The number of hydrogen-bond donors (Lipinski definition) is 2. The molecule has 2 N–H and O–H groups in total. The predicted octanol–water partition coefficient (Wildman–Crippen LogP) is 4.19. The van der Waals surface area contributed by atoms with Gasteiger partial charge in [-0.15, -0.1) is 0 Å². The van der Waals surface area contributed by atoms with Crippen molar-refractivity contribution in [2.45, 2.75) is 6.92 Å². The van der Waals surface area contributed by atoms with Crippen molar-refractivity contribution in [3.8, 4) is 17.0 Å². The fourth-order valence-corrected chi connectivity index (χ4v) is 2.55. The van der Waals surface area contributed by atoms with Crippen LogP contribution < -0.4 is 10.1 Å². The molecule has 0 aliphatic rings. The maximum Gasteiger partial charge on any atom is 0.119 e. The van der Waals surface area contributed by atoms with Crippen LogP contribution in [0.5, 0.6) is 5.75 Å². The summed E-state index contributed by atoms with van der Waals surface area (Å²) in [5, 5.41) is 4.42. The molecule has 102 valence electrons. The number of ether oxygens (including phenoxy) is 1. The van der Waals surface area contributed by atoms with Gasteiger partial charge in [-0.05, 0) is 42.8 Å². The van der Waals surface area contributed by atoms with Gasteiger partial charge in [0.2, 0.25) is 0 Å². The lowest BCUT2D eigenvalue weighted by atomic mass is 10.1. The fourth-order valence-electron chi connectivity index (χ4n) is 2.55. The number of hydrogen-bond acceptors (Lipinski definition) is 2. The minimum absolute atomic E-state index is 0.872. The Morgan fingerprint density at radius 3 is 2.70 bits per heavy atom. The minimum Gasteiger partial charge on any atom is -0.497 e. The third kappa shape index (κ3) is 2.01. The zero-order valence-corrected chi connectivity index (χ0v) is 11.9. The Hall–Kier alpha value is -2.42. The normalized spacial score (nSPS) is 10.8. The summed E-state index contributed by atoms with van der Waals surface area (Å²) in [6.07, 6.45) is 0. The number of aromatic amines is 1. The number of aromatic nitrogens is 1. The molecule has 3 aromatic rings. The smallest absolute Gasteiger partial charge is 0.119 e. The molecule has 3 rings (SSSR count). The summed E-state index contributed by atoms with van der Waals surface area (Å²) in [5.41, 5.74) is 5.82. The molecule has 0 bridgehead atoms. The lowest BCUT2D eigenvalue weighted by molar-refractivity contribution is 0.415. The van der Waals surface area contributed by atoms with Crippen molar-refractivity contribution in [3.63, 3.8) is 0 Å². The first kappa shape index (κ1) is 12.6. The van der Waals surface area contributed by atoms with Gasteiger partial charge in [-0.2, -0.15) is 0 Å². The maximum absolute atomic E-state index is 5.30. The van der Waals surface area contributed by atoms with Gasteiger partial charge in [-0.25, -0.2) is 0 Å². The Bertz CT molecular complexity index is 759. The Morgan fingerprint density at radius 2 is 1.95 bits per heavy atom. The molecule has 0 spiro atoms. The highest BCUT2D eigenvalue weighted by Gasteiger charge is 2.10. The number of nitrogens with one attached hydrogen (secondary N) is 2. The third-order valence-electron chi connectivity index (χ3n) is 3.71. The molecular weight excluding hydrogens is 248 g/mol. The van der Waals surface area contributed by atoms with Crippen molar-refractivity contribution in [2.24, 2.45) is 0 Å². The van der Waals surface area contributed by atoms with Gasteiger partial charge in [0.25, 0.3) is 0 Å². The van der Waals surface area contributed by atoms with Crippen LogP contribution in [0, 0.1) is 6.92 Å². The second kappa shape index (κ2) is 4.93. The molecule has 3 nitrogen and oxygen atoms in total. The van der Waals surface area contributed by atoms with E-state index in [1.807, 2.05) is 19.2 Å². The largest absolute Gasteiger partial charge is 0.497 e. The molecule has 1 aromatic heterocycles. The topological polar surface area (TPSA) is 37.0 Å². The fraction of sp³-hybridized carbons (Fsp3) is 0.176. The molecule has 0 aliphatic carbocycles. The van der Waals surface area contributed by atoms with Gasteiger partial charge >= 0.3 is 0 Å². The second-order valence-electron chi connectivity index (χ2n) is 4.87. The summed E-state index contributed by atoms with van der Waals surface area (Å²) in [5.74, 6) is 0.872. The zero-order valence-electron chi connectivity index (χ0n) is 11.9. The predicted molar refractivity (Wildman–Crippen MR) is 84.6 cm³/mol. The Kier molecular flexibility index (Phi) is 3.11. The van der Waals surface area contributed by atoms with Gasteiger partial charge in [-0.1, -0.05) is 12.1 Å². The van der Waals surface area contributed by atoms with E-state index >= 15 is 0 Å². The van der Waals surface area contributed by atoms with Gasteiger partial charge in [0, 0.05) is 34.9 Å². The van der Waals surface area contributed by atoms with Crippen molar-refractivity contribution >= 4 is 16.6 Å². The van der Waals surface area contributed by atoms with E-state index in [9.17, 15) is 0 Å². The van der Waals surface area contributed by atoms with Crippen molar-refractivity contribution < 1.29 is 4.74 Å². The molecule has 20 heavy (non-hydrogen) atoms. The number of aryl methyl sites for hydroxylation is 1. The summed E-state index contributed by atoms with van der Waals surface area (Å²) < 4.78 is 5.30. The van der Waals surface area contributed by atoms with Crippen molar-refractivity contribution in [1.82, 2.24) is 4.98 Å². The summed E-state index contributed by atoms with van der Waals surface area (Å²) in [4.78, 5) is 3.50. The first-order chi connectivity index (χ1) is 9.72. The van der Waals surface area contributed by atoms with Crippen LogP contribution in [-0.4, -0.2) is 19.1 Å². The van der Waals surface area contributed by atoms with Crippen LogP contribution in [-0.2, 0) is 0 Å². The van der Waals surface area contributed by atoms with Crippen molar-refractivity contribution in [2.75, 3.05) is 19.5 Å². The van der Waals surface area contributed by atoms with Gasteiger partial charge in [0.1, 0.15) is 5.75 Å². The minimum atomic E-state index is 0.872. The van der Waals surface area contributed by atoms with E-state index in [0.29, 0.717) is 0 Å². The molecule has 0 atom stereocenters. The van der Waals surface area contributed by atoms with E-state index in [-0.39, 0.29) is 0 Å². The number of H-pyrrole nitrogens is 1. The van der Waals surface area contributed by atoms with Crippen LogP contribution in [0.4, 0.5) is 5.69 Å². The Labute approximate surface area is 118 Å². The molecule has 1 heterocycles. The average molecular weight is 266 g/mol. The summed E-state index contributed by atoms with van der Waals surface area (Å²) in [6, 6.07) is 14.5. The number of methoxy groups -OCH3 is 1. The highest BCUT2D eigenvalue weighted by molar-refractivity contribution is 5.92. The molecule has 0 aliphatic heterocycles. The number of fused-ring (bicyclic) bond motifs is 1. The van der Waals surface area contributed by atoms with E-state index < -0.39 is 0 Å². The molecule has 0 saturated heterocycles. The Morgan fingerprint density at radius 1 is 1.10 bits per heavy atom. The number of benzene rings is 2. The van der Waals surface area contributed by atoms with Crippen molar-refractivity contribution in [1.29, 1.82) is 0 Å². The number of rotatable bonds is 3. The van der Waals surface area contributed by atoms with Crippen LogP contribution in [0.1, 0.15) is 5.56 Å². The SMILES string of the molecule is CNc1ccc2[nH]c(-c3cccc(OC)c3)c(C)c2c1. The van der Waals surface area contributed by atoms with Crippen molar-refractivity contribution in [3.05, 3.63) is 48.0 Å². The van der Waals surface area contributed by atoms with Gasteiger partial charge in [0.15, 0.2) is 0 Å². The lowest BCUT2D eigenvalue weighted by Gasteiger charge is -2.04. The summed E-state index contributed by atoms with van der Waals surface area (Å²) >= 11 is 0. The van der Waals surface area contributed by atoms with Crippen LogP contribution in [0.2, 0.25) is 0 Å². The lowest BCUT2D eigenvalue weighted by Crippen LogP contribution is -1.86. The summed E-state index contributed by atoms with van der Waals surface area (Å²) in [6.45, 7) is 2.15. The van der Waals surface area contributed by atoms with Crippen LogP contribution in [0.3, 0.4) is 0 Å². The average Bonchev–Trinajstić information content (AvgIpc) is 2.84. The molecule has 0 saturated carbocycles. The van der Waals surface area contributed by atoms with Crippen LogP contribution in [0.25, 0.3) is 22.2 Å². The maximum atomic E-state index is 5.30. The van der Waals surface area contributed by atoms with Gasteiger partial charge in [0.05, 0.1) is 7.11 Å². The Balaban J connectivity index is 2.18. The van der Waals surface area contributed by atoms with E-state index in [2.05, 4.69) is 47.6 Å². The molecule has 3 heteroatoms. The summed E-state index contributed by atoms with van der Waals surface area (Å²) in [7, 11) is 3.63. The highest BCUT2D eigenvalue weighted by atomic mass is 16.5. The first-order valence-corrected chi connectivity index (χ1v) is 6.67. The van der Waals surface area contributed by atoms with E-state index in [1.165, 1.54) is 10.9 Å². The van der Waals surface area contributed by atoms with Gasteiger partial charge in [-0.3, -0.25) is 0 Å². The molecular formula is C17H18N2O. The first-order valence-electron chi connectivity index (χ1n) is 6.67. The van der Waals surface area contributed by atoms with Crippen LogP contribution >= 0.6 is 0 Å². The molecule has 0 radical (unpaired) electrons. The van der Waals surface area contributed by atoms with E-state index in [0.717, 1.165) is 28.2 Å². The van der Waals surface area contributed by atoms with E-state index in [4.69, 9.17) is 4.74 Å². The van der Waals surface area contributed by atoms with Gasteiger partial charge < -0.3 is 15.0 Å². The van der Waals surface area contributed by atoms with E-state index in [1.54, 1.807) is 7.11 Å². The molecule has 0 fully saturated rings. The molecule has 2 aromatic carbocycles. The number of anilines is 1.